The fraction of sp³-hybridized carbons (Fsp3) is 0.375. The van der Waals surface area contributed by atoms with Crippen LogP contribution in [0.2, 0.25) is 0 Å². The van der Waals surface area contributed by atoms with Gasteiger partial charge in [0.15, 0.2) is 0 Å². The number of aromatic nitrogens is 5. The molecule has 0 saturated carbocycles. The molecule has 1 aliphatic heterocycles. The largest absolute Gasteiger partial charge is 0.391 e. The number of rotatable bonds is 3. The fourth-order valence-electron chi connectivity index (χ4n) is 3.20. The lowest BCUT2D eigenvalue weighted by Gasteiger charge is -2.18. The average Bonchev–Trinajstić information content (AvgIpc) is 3.15. The summed E-state index contributed by atoms with van der Waals surface area (Å²) >= 11 is 0. The maximum absolute atomic E-state index is 10.4. The molecular weight excluding hydrogens is 292 g/mol. The van der Waals surface area contributed by atoms with Crippen molar-refractivity contribution >= 4 is 11.3 Å². The first-order chi connectivity index (χ1) is 11.2. The van der Waals surface area contributed by atoms with Gasteiger partial charge >= 0.3 is 0 Å². The molecule has 23 heavy (non-hydrogen) atoms. The zero-order valence-electron chi connectivity index (χ0n) is 12.9. The lowest BCUT2D eigenvalue weighted by atomic mass is 10.00. The second-order valence-electron chi connectivity index (χ2n) is 6.03. The number of β-amino-alcohol motifs (C(OH)–C–C–N with tert-alkyl or cyclic N) is 1. The van der Waals surface area contributed by atoms with Gasteiger partial charge in [0.25, 0.3) is 0 Å². The highest BCUT2D eigenvalue weighted by Crippen LogP contribution is 2.28. The van der Waals surface area contributed by atoms with Gasteiger partial charge < -0.3 is 10.0 Å². The third kappa shape index (κ3) is 2.63. The molecule has 0 aromatic carbocycles. The highest BCUT2D eigenvalue weighted by Gasteiger charge is 2.33. The van der Waals surface area contributed by atoms with Crippen molar-refractivity contribution < 1.29 is 5.11 Å². The first-order valence-electron chi connectivity index (χ1n) is 7.71. The Hall–Kier alpha value is -2.54. The van der Waals surface area contributed by atoms with Crippen molar-refractivity contribution in [1.29, 1.82) is 0 Å². The van der Waals surface area contributed by atoms with Crippen LogP contribution in [0.25, 0.3) is 5.65 Å². The van der Waals surface area contributed by atoms with E-state index < -0.39 is 0 Å². The topological polar surface area (TPSA) is 79.4 Å². The second kappa shape index (κ2) is 5.58. The highest BCUT2D eigenvalue weighted by atomic mass is 16.3. The van der Waals surface area contributed by atoms with Crippen LogP contribution in [0.5, 0.6) is 0 Å². The van der Waals surface area contributed by atoms with Gasteiger partial charge in [-0.25, -0.2) is 0 Å². The lowest BCUT2D eigenvalue weighted by molar-refractivity contribution is 0.148. The Labute approximate surface area is 133 Å². The number of anilines is 1. The summed E-state index contributed by atoms with van der Waals surface area (Å²) in [4.78, 5) is 6.53. The molecule has 0 aliphatic carbocycles. The summed E-state index contributed by atoms with van der Waals surface area (Å²) in [7, 11) is 0. The van der Waals surface area contributed by atoms with Gasteiger partial charge in [-0.1, -0.05) is 6.07 Å². The van der Waals surface area contributed by atoms with E-state index in [1.54, 1.807) is 17.0 Å². The van der Waals surface area contributed by atoms with E-state index in [4.69, 9.17) is 0 Å². The summed E-state index contributed by atoms with van der Waals surface area (Å²) in [6.07, 6.45) is 3.78. The Morgan fingerprint density at radius 3 is 3.04 bits per heavy atom. The third-order valence-corrected chi connectivity index (χ3v) is 4.32. The van der Waals surface area contributed by atoms with Gasteiger partial charge in [-0.15, -0.1) is 10.2 Å². The summed E-state index contributed by atoms with van der Waals surface area (Å²) < 4.78 is 1.68. The number of nitrogens with zero attached hydrogens (tertiary/aromatic N) is 6. The number of aliphatic hydroxyl groups excluding tert-OH is 1. The van der Waals surface area contributed by atoms with Crippen LogP contribution < -0.4 is 4.90 Å². The molecular formula is C16H18N6O. The summed E-state index contributed by atoms with van der Waals surface area (Å²) in [5.74, 6) is 0.154. The fourth-order valence-corrected chi connectivity index (χ4v) is 3.20. The predicted molar refractivity (Wildman–Crippen MR) is 85.2 cm³/mol. The molecule has 4 heterocycles. The molecule has 1 aliphatic rings. The van der Waals surface area contributed by atoms with Crippen LogP contribution in [-0.2, 0) is 6.42 Å². The molecule has 0 unspecified atom stereocenters. The van der Waals surface area contributed by atoms with Crippen molar-refractivity contribution in [2.75, 3.05) is 18.0 Å². The minimum Gasteiger partial charge on any atom is -0.391 e. The summed E-state index contributed by atoms with van der Waals surface area (Å²) in [6, 6.07) is 7.89. The van der Waals surface area contributed by atoms with Gasteiger partial charge in [0.05, 0.1) is 17.5 Å². The van der Waals surface area contributed by atoms with Gasteiger partial charge in [-0.05, 0) is 31.5 Å². The van der Waals surface area contributed by atoms with Crippen molar-refractivity contribution in [3.05, 3.63) is 48.2 Å². The van der Waals surface area contributed by atoms with Crippen LogP contribution >= 0.6 is 0 Å². The SMILES string of the molecule is Cc1cc(N2C[C@@H](Cc3ccccn3)[C@H](O)C2)c2nncn2n1. The number of pyridine rings is 1. The zero-order chi connectivity index (χ0) is 15.8. The molecule has 2 atom stereocenters. The van der Waals surface area contributed by atoms with Crippen molar-refractivity contribution in [3.8, 4) is 0 Å². The molecule has 118 valence electrons. The first kappa shape index (κ1) is 14.1. The molecule has 7 nitrogen and oxygen atoms in total. The van der Waals surface area contributed by atoms with Gasteiger partial charge in [-0.2, -0.15) is 9.61 Å². The molecule has 3 aromatic rings. The Morgan fingerprint density at radius 2 is 2.22 bits per heavy atom. The van der Waals surface area contributed by atoms with Gasteiger partial charge in [0.1, 0.15) is 6.33 Å². The smallest absolute Gasteiger partial charge is 0.200 e. The Balaban J connectivity index is 1.60. The molecule has 7 heteroatoms. The van der Waals surface area contributed by atoms with E-state index in [0.29, 0.717) is 6.54 Å². The third-order valence-electron chi connectivity index (χ3n) is 4.32. The zero-order valence-corrected chi connectivity index (χ0v) is 12.9. The van der Waals surface area contributed by atoms with E-state index in [1.807, 2.05) is 31.2 Å². The van der Waals surface area contributed by atoms with E-state index in [0.717, 1.165) is 35.7 Å². The lowest BCUT2D eigenvalue weighted by Crippen LogP contribution is -2.22. The Kier molecular flexibility index (Phi) is 3.42. The molecule has 0 radical (unpaired) electrons. The minimum absolute atomic E-state index is 0.154. The maximum Gasteiger partial charge on any atom is 0.200 e. The van der Waals surface area contributed by atoms with E-state index in [2.05, 4.69) is 25.2 Å². The predicted octanol–water partition coefficient (Wildman–Crippen LogP) is 0.868. The van der Waals surface area contributed by atoms with Crippen LogP contribution in [0, 0.1) is 12.8 Å². The van der Waals surface area contributed by atoms with Gasteiger partial charge in [-0.3, -0.25) is 4.98 Å². The summed E-state index contributed by atoms with van der Waals surface area (Å²) in [5, 5.41) is 22.9. The van der Waals surface area contributed by atoms with Crippen molar-refractivity contribution in [1.82, 2.24) is 24.8 Å². The Morgan fingerprint density at radius 1 is 1.30 bits per heavy atom. The molecule has 0 bridgehead atoms. The quantitative estimate of drug-likeness (QED) is 0.773. The summed E-state index contributed by atoms with van der Waals surface area (Å²) in [6.45, 7) is 3.30. The molecule has 1 fully saturated rings. The number of hydrogen-bond acceptors (Lipinski definition) is 6. The van der Waals surface area contributed by atoms with Crippen LogP contribution in [0.4, 0.5) is 5.69 Å². The number of hydrogen-bond donors (Lipinski definition) is 1. The molecule has 0 spiro atoms. The maximum atomic E-state index is 10.4. The van der Waals surface area contributed by atoms with E-state index in [9.17, 15) is 5.11 Å². The van der Waals surface area contributed by atoms with Crippen LogP contribution in [0.3, 0.4) is 0 Å². The standard InChI is InChI=1S/C16H18N6O/c1-11-6-14(16-19-18-10-22(16)20-11)21-8-12(15(23)9-21)7-13-4-2-3-5-17-13/h2-6,10,12,15,23H,7-9H2,1H3/t12-,15-/m1/s1. The Bertz CT molecular complexity index is 818. The van der Waals surface area contributed by atoms with E-state index in [-0.39, 0.29) is 12.0 Å². The molecule has 1 N–H and O–H groups in total. The van der Waals surface area contributed by atoms with Gasteiger partial charge in [0.2, 0.25) is 5.65 Å². The van der Waals surface area contributed by atoms with Crippen molar-refractivity contribution in [2.45, 2.75) is 19.4 Å². The number of aryl methyl sites for hydroxylation is 1. The van der Waals surface area contributed by atoms with Crippen LogP contribution in [0.15, 0.2) is 36.8 Å². The minimum atomic E-state index is -0.381. The number of fused-ring (bicyclic) bond motifs is 1. The number of aliphatic hydroxyl groups is 1. The van der Waals surface area contributed by atoms with Gasteiger partial charge in [0, 0.05) is 30.9 Å². The monoisotopic (exact) mass is 310 g/mol. The van der Waals surface area contributed by atoms with E-state index in [1.165, 1.54) is 0 Å². The first-order valence-corrected chi connectivity index (χ1v) is 7.71. The molecule has 3 aromatic heterocycles. The van der Waals surface area contributed by atoms with Crippen LogP contribution in [-0.4, -0.2) is 49.1 Å². The molecule has 1 saturated heterocycles. The van der Waals surface area contributed by atoms with Crippen molar-refractivity contribution in [3.63, 3.8) is 0 Å². The second-order valence-corrected chi connectivity index (χ2v) is 6.03. The van der Waals surface area contributed by atoms with E-state index >= 15 is 0 Å². The van der Waals surface area contributed by atoms with Crippen molar-refractivity contribution in [2.24, 2.45) is 5.92 Å². The average molecular weight is 310 g/mol. The normalized spacial score (nSPS) is 21.2. The molecule has 0 amide bonds. The molecule has 4 rings (SSSR count). The summed E-state index contributed by atoms with van der Waals surface area (Å²) in [5.41, 5.74) is 3.60. The highest BCUT2D eigenvalue weighted by molar-refractivity contribution is 5.68. The van der Waals surface area contributed by atoms with Crippen LogP contribution in [0.1, 0.15) is 11.4 Å².